The standard InChI is InChI=1S/C18H17Br2NO3/c1-24-14-8-5-12(6-9-14)3-2-4-17(22)18(23)21-13-7-10-15(19)16(20)11-13/h5-11H,2-4H2,1H3,(H,21,23). The number of amides is 1. The zero-order valence-electron chi connectivity index (χ0n) is 13.1. The van der Waals surface area contributed by atoms with Gasteiger partial charge in [-0.1, -0.05) is 12.1 Å². The van der Waals surface area contributed by atoms with Crippen LogP contribution in [0.1, 0.15) is 18.4 Å². The summed E-state index contributed by atoms with van der Waals surface area (Å²) in [6.07, 6.45) is 1.59. The van der Waals surface area contributed by atoms with E-state index in [9.17, 15) is 9.59 Å². The zero-order valence-corrected chi connectivity index (χ0v) is 16.3. The second kappa shape index (κ2) is 8.99. The van der Waals surface area contributed by atoms with Crippen molar-refractivity contribution in [3.63, 3.8) is 0 Å². The van der Waals surface area contributed by atoms with E-state index in [0.717, 1.165) is 26.7 Å². The number of hydrogen-bond donors (Lipinski definition) is 1. The Morgan fingerprint density at radius 3 is 2.38 bits per heavy atom. The van der Waals surface area contributed by atoms with Gasteiger partial charge in [0.15, 0.2) is 0 Å². The minimum Gasteiger partial charge on any atom is -0.497 e. The van der Waals surface area contributed by atoms with Crippen molar-refractivity contribution in [2.24, 2.45) is 0 Å². The number of methoxy groups -OCH3 is 1. The van der Waals surface area contributed by atoms with Crippen LogP contribution >= 0.6 is 31.9 Å². The van der Waals surface area contributed by atoms with Gasteiger partial charge in [0, 0.05) is 21.1 Å². The third-order valence-electron chi connectivity index (χ3n) is 3.46. The number of rotatable bonds is 7. The first-order valence-corrected chi connectivity index (χ1v) is 9.00. The van der Waals surface area contributed by atoms with E-state index in [1.165, 1.54) is 0 Å². The second-order valence-corrected chi connectivity index (χ2v) is 6.92. The molecule has 4 nitrogen and oxygen atoms in total. The summed E-state index contributed by atoms with van der Waals surface area (Å²) in [4.78, 5) is 23.9. The van der Waals surface area contributed by atoms with Gasteiger partial charge in [0.05, 0.1) is 7.11 Å². The summed E-state index contributed by atoms with van der Waals surface area (Å²) in [7, 11) is 1.62. The van der Waals surface area contributed by atoms with Crippen LogP contribution in [0.3, 0.4) is 0 Å². The Labute approximate surface area is 157 Å². The van der Waals surface area contributed by atoms with Crippen LogP contribution in [0.15, 0.2) is 51.4 Å². The predicted octanol–water partition coefficient (Wildman–Crippen LogP) is 4.75. The second-order valence-electron chi connectivity index (χ2n) is 5.21. The molecule has 0 heterocycles. The molecule has 0 saturated carbocycles. The van der Waals surface area contributed by atoms with E-state index in [1.807, 2.05) is 24.3 Å². The molecule has 2 aromatic carbocycles. The summed E-state index contributed by atoms with van der Waals surface area (Å²) >= 11 is 6.71. The molecule has 0 spiro atoms. The van der Waals surface area contributed by atoms with Crippen molar-refractivity contribution in [3.8, 4) is 5.75 Å². The van der Waals surface area contributed by atoms with Crippen molar-refractivity contribution in [1.29, 1.82) is 0 Å². The average Bonchev–Trinajstić information content (AvgIpc) is 2.58. The van der Waals surface area contributed by atoms with Crippen LogP contribution in [0.5, 0.6) is 5.75 Å². The molecule has 0 fully saturated rings. The Bertz CT molecular complexity index is 730. The molecule has 0 unspecified atom stereocenters. The number of halogens is 2. The number of carbonyl (C=O) groups excluding carboxylic acids is 2. The summed E-state index contributed by atoms with van der Waals surface area (Å²) < 4.78 is 6.80. The largest absolute Gasteiger partial charge is 0.497 e. The molecule has 126 valence electrons. The molecule has 0 atom stereocenters. The van der Waals surface area contributed by atoms with Crippen LogP contribution in [-0.4, -0.2) is 18.8 Å². The first kappa shape index (κ1) is 18.7. The van der Waals surface area contributed by atoms with Crippen LogP contribution < -0.4 is 10.1 Å². The summed E-state index contributed by atoms with van der Waals surface area (Å²) in [5.74, 6) is -0.198. The van der Waals surface area contributed by atoms with Gasteiger partial charge in [-0.05, 0) is 80.6 Å². The number of aryl methyl sites for hydroxylation is 1. The monoisotopic (exact) mass is 453 g/mol. The molecule has 1 N–H and O–H groups in total. The van der Waals surface area contributed by atoms with Crippen molar-refractivity contribution < 1.29 is 14.3 Å². The van der Waals surface area contributed by atoms with Gasteiger partial charge in [0.25, 0.3) is 5.91 Å². The molecule has 24 heavy (non-hydrogen) atoms. The summed E-state index contributed by atoms with van der Waals surface area (Å²) in [6.45, 7) is 0. The van der Waals surface area contributed by atoms with E-state index < -0.39 is 11.7 Å². The third-order valence-corrected chi connectivity index (χ3v) is 5.34. The van der Waals surface area contributed by atoms with Gasteiger partial charge in [-0.3, -0.25) is 9.59 Å². The van der Waals surface area contributed by atoms with E-state index in [2.05, 4.69) is 37.2 Å². The van der Waals surface area contributed by atoms with Gasteiger partial charge in [-0.15, -0.1) is 0 Å². The van der Waals surface area contributed by atoms with Crippen LogP contribution in [-0.2, 0) is 16.0 Å². The number of benzene rings is 2. The highest BCUT2D eigenvalue weighted by Gasteiger charge is 2.14. The fourth-order valence-electron chi connectivity index (χ4n) is 2.13. The maximum absolute atomic E-state index is 11.9. The maximum Gasteiger partial charge on any atom is 0.291 e. The predicted molar refractivity (Wildman–Crippen MR) is 101 cm³/mol. The minimum atomic E-state index is -0.584. The van der Waals surface area contributed by atoms with Crippen LogP contribution in [0.2, 0.25) is 0 Å². The van der Waals surface area contributed by atoms with E-state index >= 15 is 0 Å². The molecule has 0 saturated heterocycles. The molecule has 0 aliphatic carbocycles. The van der Waals surface area contributed by atoms with Gasteiger partial charge in [-0.2, -0.15) is 0 Å². The molecule has 6 heteroatoms. The number of ketones is 1. The maximum atomic E-state index is 11.9. The fraction of sp³-hybridized carbons (Fsp3) is 0.222. The lowest BCUT2D eigenvalue weighted by Crippen LogP contribution is -2.22. The van der Waals surface area contributed by atoms with Crippen LogP contribution in [0, 0.1) is 0 Å². The van der Waals surface area contributed by atoms with Crippen LogP contribution in [0.25, 0.3) is 0 Å². The molecular weight excluding hydrogens is 438 g/mol. The van der Waals surface area contributed by atoms with Gasteiger partial charge >= 0.3 is 0 Å². The Balaban J connectivity index is 1.80. The number of nitrogens with one attached hydrogen (secondary N) is 1. The smallest absolute Gasteiger partial charge is 0.291 e. The van der Waals surface area contributed by atoms with Crippen molar-refractivity contribution in [3.05, 3.63) is 57.0 Å². The topological polar surface area (TPSA) is 55.4 Å². The SMILES string of the molecule is COc1ccc(CCCC(=O)C(=O)Nc2ccc(Br)c(Br)c2)cc1. The highest BCUT2D eigenvalue weighted by molar-refractivity contribution is 9.13. The molecule has 0 radical (unpaired) electrons. The summed E-state index contributed by atoms with van der Waals surface area (Å²) in [5, 5.41) is 2.62. The Morgan fingerprint density at radius 2 is 1.75 bits per heavy atom. The highest BCUT2D eigenvalue weighted by Crippen LogP contribution is 2.26. The van der Waals surface area contributed by atoms with Crippen molar-refractivity contribution in [2.45, 2.75) is 19.3 Å². The molecule has 0 aliphatic heterocycles. The number of Topliss-reactive ketones (excluding diaryl/α,β-unsaturated/α-hetero) is 1. The Kier molecular flexibility index (Phi) is 6.99. The highest BCUT2D eigenvalue weighted by atomic mass is 79.9. The molecule has 0 bridgehead atoms. The zero-order chi connectivity index (χ0) is 17.5. The molecular formula is C18H17Br2NO3. The van der Waals surface area contributed by atoms with E-state index in [4.69, 9.17) is 4.74 Å². The third kappa shape index (κ3) is 5.46. The first-order valence-electron chi connectivity index (χ1n) is 7.42. The molecule has 2 aromatic rings. The normalized spacial score (nSPS) is 10.3. The molecule has 0 aromatic heterocycles. The van der Waals surface area contributed by atoms with Gasteiger partial charge in [0.2, 0.25) is 5.78 Å². The minimum absolute atomic E-state index is 0.218. The fourth-order valence-corrected chi connectivity index (χ4v) is 2.76. The van der Waals surface area contributed by atoms with E-state index in [-0.39, 0.29) is 6.42 Å². The van der Waals surface area contributed by atoms with Crippen molar-refractivity contribution in [1.82, 2.24) is 0 Å². The first-order chi connectivity index (χ1) is 11.5. The number of ether oxygens (including phenoxy) is 1. The summed E-state index contributed by atoms with van der Waals surface area (Å²) in [6, 6.07) is 13.0. The van der Waals surface area contributed by atoms with Crippen molar-refractivity contribution in [2.75, 3.05) is 12.4 Å². The Morgan fingerprint density at radius 1 is 1.04 bits per heavy atom. The quantitative estimate of drug-likeness (QED) is 0.614. The number of carbonyl (C=O) groups is 2. The van der Waals surface area contributed by atoms with E-state index in [1.54, 1.807) is 25.3 Å². The number of hydrogen-bond acceptors (Lipinski definition) is 3. The van der Waals surface area contributed by atoms with Gasteiger partial charge in [-0.25, -0.2) is 0 Å². The molecule has 0 aliphatic rings. The van der Waals surface area contributed by atoms with Crippen LogP contribution in [0.4, 0.5) is 5.69 Å². The lowest BCUT2D eigenvalue weighted by molar-refractivity contribution is -0.134. The Hall–Kier alpha value is -1.66. The lowest BCUT2D eigenvalue weighted by Gasteiger charge is -2.06. The van der Waals surface area contributed by atoms with E-state index in [0.29, 0.717) is 12.1 Å². The van der Waals surface area contributed by atoms with Gasteiger partial charge < -0.3 is 10.1 Å². The average molecular weight is 455 g/mol. The lowest BCUT2D eigenvalue weighted by atomic mass is 10.1. The van der Waals surface area contributed by atoms with Crippen molar-refractivity contribution >= 4 is 49.2 Å². The molecule has 1 amide bonds. The van der Waals surface area contributed by atoms with Gasteiger partial charge in [0.1, 0.15) is 5.75 Å². The number of anilines is 1. The summed E-state index contributed by atoms with van der Waals surface area (Å²) in [5.41, 5.74) is 1.69. The molecule has 2 rings (SSSR count).